The second-order valence-electron chi connectivity index (χ2n) is 7.51. The summed E-state index contributed by atoms with van der Waals surface area (Å²) < 4.78 is 4.09. The molecule has 5 heteroatoms. The molecule has 144 valence electrons. The maximum Gasteiger partial charge on any atom is 0.254 e. The van der Waals surface area contributed by atoms with Crippen molar-refractivity contribution in [3.8, 4) is 11.5 Å². The van der Waals surface area contributed by atoms with Gasteiger partial charge >= 0.3 is 0 Å². The molecular weight excluding hydrogens is 360 g/mol. The van der Waals surface area contributed by atoms with E-state index in [0.29, 0.717) is 13.1 Å². The normalized spacial score (nSPS) is 13.0. The lowest BCUT2D eigenvalue weighted by molar-refractivity contribution is 0.0748. The number of carbonyl (C=O) groups excluding carboxylic acids is 1. The summed E-state index contributed by atoms with van der Waals surface area (Å²) in [5.74, 6) is 1.06. The van der Waals surface area contributed by atoms with Gasteiger partial charge in [-0.1, -0.05) is 36.4 Å². The fraction of sp³-hybridized carbons (Fsp3) is 0.167. The van der Waals surface area contributed by atoms with E-state index in [2.05, 4.69) is 23.6 Å². The van der Waals surface area contributed by atoms with Gasteiger partial charge in [-0.2, -0.15) is 5.10 Å². The standard InChI is InChI=1S/C24H22N4O/c1-17-9-3-5-11-19(17)24(29)27-15-20-21(16-27)25-28(22-12-6-4-10-18(22)2)23(20)26-13-7-8-14-26/h3-14H,15-16H2,1-2H3. The number of aromatic nitrogens is 3. The molecule has 0 radical (unpaired) electrons. The van der Waals surface area contributed by atoms with Crippen LogP contribution in [0.2, 0.25) is 0 Å². The number of hydrogen-bond acceptors (Lipinski definition) is 2. The quantitative estimate of drug-likeness (QED) is 0.526. The highest BCUT2D eigenvalue weighted by molar-refractivity contribution is 5.96. The van der Waals surface area contributed by atoms with Crippen LogP contribution in [0.1, 0.15) is 32.7 Å². The average Bonchev–Trinajstić information content (AvgIpc) is 3.44. The van der Waals surface area contributed by atoms with Crippen molar-refractivity contribution in [2.24, 2.45) is 0 Å². The topological polar surface area (TPSA) is 43.1 Å². The molecule has 2 aromatic carbocycles. The number of amides is 1. The highest BCUT2D eigenvalue weighted by Crippen LogP contribution is 2.32. The summed E-state index contributed by atoms with van der Waals surface area (Å²) in [5.41, 5.74) is 6.03. The first-order valence-corrected chi connectivity index (χ1v) is 9.78. The van der Waals surface area contributed by atoms with Gasteiger partial charge in [-0.3, -0.25) is 4.79 Å². The zero-order chi connectivity index (χ0) is 20.0. The SMILES string of the molecule is Cc1ccccc1C(=O)N1Cc2nn(-c3ccccc3C)c(-n3cccc3)c2C1. The number of nitrogens with zero attached hydrogens (tertiary/aromatic N) is 4. The minimum Gasteiger partial charge on any atom is -0.328 e. The number of benzene rings is 2. The first-order valence-electron chi connectivity index (χ1n) is 9.78. The van der Waals surface area contributed by atoms with E-state index >= 15 is 0 Å². The zero-order valence-corrected chi connectivity index (χ0v) is 16.5. The molecular formula is C24H22N4O. The van der Waals surface area contributed by atoms with Gasteiger partial charge in [0.05, 0.1) is 24.5 Å². The van der Waals surface area contributed by atoms with Crippen LogP contribution in [0.4, 0.5) is 0 Å². The van der Waals surface area contributed by atoms with Crippen LogP contribution in [-0.2, 0) is 13.1 Å². The monoisotopic (exact) mass is 382 g/mol. The van der Waals surface area contributed by atoms with Crippen LogP contribution >= 0.6 is 0 Å². The molecule has 3 heterocycles. The summed E-state index contributed by atoms with van der Waals surface area (Å²) in [6.45, 7) is 5.15. The third-order valence-electron chi connectivity index (χ3n) is 5.58. The predicted molar refractivity (Wildman–Crippen MR) is 112 cm³/mol. The molecule has 0 saturated heterocycles. The maximum absolute atomic E-state index is 13.1. The molecule has 5 nitrogen and oxygen atoms in total. The third-order valence-corrected chi connectivity index (χ3v) is 5.58. The average molecular weight is 382 g/mol. The molecule has 5 rings (SSSR count). The van der Waals surface area contributed by atoms with E-state index in [-0.39, 0.29) is 5.91 Å². The Bertz CT molecular complexity index is 1200. The second kappa shape index (κ2) is 6.78. The number of fused-ring (bicyclic) bond motifs is 1. The minimum atomic E-state index is 0.0574. The molecule has 29 heavy (non-hydrogen) atoms. The molecule has 0 atom stereocenters. The molecule has 0 saturated carbocycles. The Morgan fingerprint density at radius 3 is 2.28 bits per heavy atom. The van der Waals surface area contributed by atoms with Crippen molar-refractivity contribution >= 4 is 5.91 Å². The highest BCUT2D eigenvalue weighted by Gasteiger charge is 2.32. The van der Waals surface area contributed by atoms with Crippen LogP contribution < -0.4 is 0 Å². The van der Waals surface area contributed by atoms with Crippen molar-refractivity contribution in [2.45, 2.75) is 26.9 Å². The van der Waals surface area contributed by atoms with Crippen LogP contribution in [-0.4, -0.2) is 25.2 Å². The predicted octanol–water partition coefficient (Wildman–Crippen LogP) is 4.44. The summed E-state index contributed by atoms with van der Waals surface area (Å²) in [7, 11) is 0. The summed E-state index contributed by atoms with van der Waals surface area (Å²) in [6, 6.07) is 20.0. The van der Waals surface area contributed by atoms with Gasteiger partial charge < -0.3 is 9.47 Å². The second-order valence-corrected chi connectivity index (χ2v) is 7.51. The molecule has 4 aromatic rings. The first-order chi connectivity index (χ1) is 14.1. The van der Waals surface area contributed by atoms with Crippen LogP contribution in [0, 0.1) is 13.8 Å². The molecule has 0 N–H and O–H groups in total. The molecule has 2 aromatic heterocycles. The van der Waals surface area contributed by atoms with E-state index in [0.717, 1.165) is 39.5 Å². The summed E-state index contributed by atoms with van der Waals surface area (Å²) in [4.78, 5) is 15.0. The van der Waals surface area contributed by atoms with Crippen LogP contribution in [0.25, 0.3) is 11.5 Å². The molecule has 0 fully saturated rings. The van der Waals surface area contributed by atoms with E-state index in [9.17, 15) is 4.79 Å². The van der Waals surface area contributed by atoms with Gasteiger partial charge in [0.15, 0.2) is 0 Å². The van der Waals surface area contributed by atoms with Crippen molar-refractivity contribution < 1.29 is 4.79 Å². The Kier molecular flexibility index (Phi) is 4.09. The number of aryl methyl sites for hydroxylation is 2. The Balaban J connectivity index is 1.58. The van der Waals surface area contributed by atoms with Gasteiger partial charge in [0.25, 0.3) is 5.91 Å². The van der Waals surface area contributed by atoms with Crippen molar-refractivity contribution in [3.63, 3.8) is 0 Å². The largest absolute Gasteiger partial charge is 0.328 e. The number of para-hydroxylation sites is 1. The maximum atomic E-state index is 13.1. The summed E-state index contributed by atoms with van der Waals surface area (Å²) >= 11 is 0. The zero-order valence-electron chi connectivity index (χ0n) is 16.5. The Labute approximate surface area is 169 Å². The molecule has 1 aliphatic heterocycles. The summed E-state index contributed by atoms with van der Waals surface area (Å²) in [6.07, 6.45) is 4.05. The fourth-order valence-corrected chi connectivity index (χ4v) is 4.04. The molecule has 1 aliphatic rings. The van der Waals surface area contributed by atoms with Gasteiger partial charge in [-0.25, -0.2) is 4.68 Å². The smallest absolute Gasteiger partial charge is 0.254 e. The minimum absolute atomic E-state index is 0.0574. The van der Waals surface area contributed by atoms with Crippen LogP contribution in [0.5, 0.6) is 0 Å². The lowest BCUT2D eigenvalue weighted by Crippen LogP contribution is -2.27. The molecule has 0 aliphatic carbocycles. The van der Waals surface area contributed by atoms with E-state index in [1.807, 2.05) is 77.4 Å². The van der Waals surface area contributed by atoms with E-state index < -0.39 is 0 Å². The van der Waals surface area contributed by atoms with Crippen molar-refractivity contribution in [1.82, 2.24) is 19.2 Å². The Morgan fingerprint density at radius 2 is 1.55 bits per heavy atom. The van der Waals surface area contributed by atoms with Gasteiger partial charge in [0.1, 0.15) is 5.82 Å². The lowest BCUT2D eigenvalue weighted by Gasteiger charge is -2.19. The van der Waals surface area contributed by atoms with Crippen LogP contribution in [0.3, 0.4) is 0 Å². The van der Waals surface area contributed by atoms with Crippen LogP contribution in [0.15, 0.2) is 73.1 Å². The van der Waals surface area contributed by atoms with Crippen molar-refractivity contribution in [2.75, 3.05) is 0 Å². The van der Waals surface area contributed by atoms with Crippen molar-refractivity contribution in [1.29, 1.82) is 0 Å². The lowest BCUT2D eigenvalue weighted by atomic mass is 10.1. The Hall–Kier alpha value is -3.60. The third kappa shape index (κ3) is 2.86. The molecule has 0 spiro atoms. The van der Waals surface area contributed by atoms with Gasteiger partial charge in [-0.05, 0) is 49.2 Å². The molecule has 1 amide bonds. The van der Waals surface area contributed by atoms with Gasteiger partial charge in [-0.15, -0.1) is 0 Å². The number of rotatable bonds is 3. The summed E-state index contributed by atoms with van der Waals surface area (Å²) in [5, 5.41) is 4.93. The van der Waals surface area contributed by atoms with Crippen molar-refractivity contribution in [3.05, 3.63) is 101 Å². The first kappa shape index (κ1) is 17.5. The number of carbonyl (C=O) groups is 1. The van der Waals surface area contributed by atoms with Gasteiger partial charge in [0, 0.05) is 23.5 Å². The highest BCUT2D eigenvalue weighted by atomic mass is 16.2. The van der Waals surface area contributed by atoms with E-state index in [1.54, 1.807) is 0 Å². The molecule has 0 bridgehead atoms. The Morgan fingerprint density at radius 1 is 0.862 bits per heavy atom. The van der Waals surface area contributed by atoms with Gasteiger partial charge in [0.2, 0.25) is 0 Å². The molecule has 0 unspecified atom stereocenters. The fourth-order valence-electron chi connectivity index (χ4n) is 4.04. The van der Waals surface area contributed by atoms with E-state index in [4.69, 9.17) is 5.10 Å². The van der Waals surface area contributed by atoms with E-state index in [1.165, 1.54) is 0 Å². The number of hydrogen-bond donors (Lipinski definition) is 0.